The molecule has 1 aromatic heterocycles. The molecule has 1 aliphatic rings. The second-order valence-corrected chi connectivity index (χ2v) is 8.82. The van der Waals surface area contributed by atoms with E-state index in [1.165, 1.54) is 17.0 Å². The summed E-state index contributed by atoms with van der Waals surface area (Å²) in [5, 5.41) is 3.97. The Balaban J connectivity index is 1.65. The van der Waals surface area contributed by atoms with Crippen LogP contribution in [0.2, 0.25) is 0 Å². The van der Waals surface area contributed by atoms with E-state index in [1.807, 2.05) is 12.1 Å². The minimum atomic E-state index is -3.44. The first kappa shape index (κ1) is 19.9. The van der Waals surface area contributed by atoms with E-state index in [4.69, 9.17) is 14.0 Å². The second kappa shape index (κ2) is 7.79. The Morgan fingerprint density at radius 3 is 2.80 bits per heavy atom. The van der Waals surface area contributed by atoms with Gasteiger partial charge in [0.15, 0.2) is 16.4 Å². The zero-order valence-corrected chi connectivity index (χ0v) is 17.2. The smallest absolute Gasteiger partial charge is 0.265 e. The molecule has 2 heterocycles. The first-order chi connectivity index (χ1) is 14.4. The van der Waals surface area contributed by atoms with Crippen molar-refractivity contribution in [1.29, 1.82) is 0 Å². The van der Waals surface area contributed by atoms with E-state index in [0.29, 0.717) is 28.6 Å². The van der Waals surface area contributed by atoms with Crippen molar-refractivity contribution in [3.05, 3.63) is 48.4 Å². The highest BCUT2D eigenvalue weighted by atomic mass is 32.2. The molecule has 156 valence electrons. The molecular weight excluding hydrogens is 410 g/mol. The largest absolute Gasteiger partial charge is 0.497 e. The van der Waals surface area contributed by atoms with E-state index in [1.54, 1.807) is 32.2 Å². The number of methoxy groups -OCH3 is 1. The lowest BCUT2D eigenvalue weighted by atomic mass is 10.2. The number of carbonyl (C=O) groups excluding carboxylic acids is 1. The molecule has 4 rings (SSSR count). The molecule has 0 unspecified atom stereocenters. The van der Waals surface area contributed by atoms with Gasteiger partial charge in [-0.1, -0.05) is 24.2 Å². The van der Waals surface area contributed by atoms with Crippen molar-refractivity contribution in [2.45, 2.75) is 18.4 Å². The van der Waals surface area contributed by atoms with Gasteiger partial charge in [0, 0.05) is 5.56 Å². The molecule has 0 saturated carbocycles. The van der Waals surface area contributed by atoms with E-state index in [9.17, 15) is 13.2 Å². The van der Waals surface area contributed by atoms with Gasteiger partial charge in [-0.2, -0.15) is 4.98 Å². The lowest BCUT2D eigenvalue weighted by Gasteiger charge is -2.28. The van der Waals surface area contributed by atoms with Crippen LogP contribution in [0.5, 0.6) is 11.5 Å². The fourth-order valence-corrected chi connectivity index (χ4v) is 3.95. The Morgan fingerprint density at radius 2 is 2.03 bits per heavy atom. The number of rotatable bonds is 6. The number of amides is 1. The average Bonchev–Trinajstić information content (AvgIpc) is 3.24. The van der Waals surface area contributed by atoms with Crippen LogP contribution in [0.3, 0.4) is 0 Å². The summed E-state index contributed by atoms with van der Waals surface area (Å²) in [4.78, 5) is 18.4. The van der Waals surface area contributed by atoms with Crippen molar-refractivity contribution >= 4 is 21.4 Å². The minimum Gasteiger partial charge on any atom is -0.497 e. The van der Waals surface area contributed by atoms with Crippen molar-refractivity contribution in [1.82, 2.24) is 10.1 Å². The number of aromatic nitrogens is 2. The van der Waals surface area contributed by atoms with Crippen LogP contribution in [0.25, 0.3) is 11.4 Å². The fourth-order valence-electron chi connectivity index (χ4n) is 3.05. The number of benzene rings is 2. The number of hydrogen-bond acceptors (Lipinski definition) is 8. The van der Waals surface area contributed by atoms with E-state index in [0.717, 1.165) is 0 Å². The van der Waals surface area contributed by atoms with Crippen LogP contribution in [-0.4, -0.2) is 43.9 Å². The predicted molar refractivity (Wildman–Crippen MR) is 107 cm³/mol. The van der Waals surface area contributed by atoms with Crippen LogP contribution < -0.4 is 14.4 Å². The highest BCUT2D eigenvalue weighted by molar-refractivity contribution is 7.91. The molecule has 3 aromatic rings. The van der Waals surface area contributed by atoms with Crippen molar-refractivity contribution in [3.63, 3.8) is 0 Å². The molecule has 1 aliphatic heterocycles. The molecule has 0 aliphatic carbocycles. The van der Waals surface area contributed by atoms with Crippen molar-refractivity contribution in [3.8, 4) is 22.9 Å². The van der Waals surface area contributed by atoms with Gasteiger partial charge in [-0.15, -0.1) is 0 Å². The quantitative estimate of drug-likeness (QED) is 0.587. The molecule has 9 nitrogen and oxygen atoms in total. The number of nitrogens with zero attached hydrogens (tertiary/aromatic N) is 3. The molecule has 0 N–H and O–H groups in total. The van der Waals surface area contributed by atoms with Gasteiger partial charge in [-0.05, 0) is 30.3 Å². The van der Waals surface area contributed by atoms with Gasteiger partial charge in [-0.3, -0.25) is 9.69 Å². The summed E-state index contributed by atoms with van der Waals surface area (Å²) in [5.74, 6) is 1.24. The lowest BCUT2D eigenvalue weighted by molar-refractivity contribution is -0.121. The molecule has 2 aromatic carbocycles. The van der Waals surface area contributed by atoms with Crippen molar-refractivity contribution in [2.75, 3.05) is 24.4 Å². The highest BCUT2D eigenvalue weighted by Crippen LogP contribution is 2.35. The van der Waals surface area contributed by atoms with E-state index >= 15 is 0 Å². The van der Waals surface area contributed by atoms with Gasteiger partial charge in [0.2, 0.25) is 11.7 Å². The Kier molecular flexibility index (Phi) is 5.17. The zero-order chi connectivity index (χ0) is 21.3. The standard InChI is InChI=1S/C20H19N3O6S/c1-3-30(25,26)15-7-8-17-16(10-15)23(19(24)12-28-17)11-18-21-20(22-29-18)13-5-4-6-14(9-13)27-2/h4-10H,3,11-12H2,1-2H3. The van der Waals surface area contributed by atoms with Gasteiger partial charge >= 0.3 is 0 Å². The molecule has 0 bridgehead atoms. The average molecular weight is 429 g/mol. The third kappa shape index (κ3) is 3.73. The molecular formula is C20H19N3O6S. The maximum atomic E-state index is 12.5. The van der Waals surface area contributed by atoms with Gasteiger partial charge in [0.25, 0.3) is 5.91 Å². The Morgan fingerprint density at radius 1 is 1.20 bits per heavy atom. The maximum Gasteiger partial charge on any atom is 0.265 e. The summed E-state index contributed by atoms with van der Waals surface area (Å²) < 4.78 is 40.5. The van der Waals surface area contributed by atoms with Crippen LogP contribution in [0, 0.1) is 0 Å². The Hall–Kier alpha value is -3.40. The molecule has 0 radical (unpaired) electrons. The van der Waals surface area contributed by atoms with Crippen LogP contribution in [0.1, 0.15) is 12.8 Å². The van der Waals surface area contributed by atoms with Crippen LogP contribution >= 0.6 is 0 Å². The van der Waals surface area contributed by atoms with Crippen LogP contribution in [-0.2, 0) is 21.2 Å². The van der Waals surface area contributed by atoms with E-state index in [-0.39, 0.29) is 35.6 Å². The fraction of sp³-hybridized carbons (Fsp3) is 0.250. The predicted octanol–water partition coefficient (Wildman–Crippen LogP) is 2.46. The number of ether oxygens (including phenoxy) is 2. The molecule has 0 spiro atoms. The second-order valence-electron chi connectivity index (χ2n) is 6.55. The maximum absolute atomic E-state index is 12.5. The summed E-state index contributed by atoms with van der Waals surface area (Å²) in [6.07, 6.45) is 0. The summed E-state index contributed by atoms with van der Waals surface area (Å²) in [7, 11) is -1.88. The summed E-state index contributed by atoms with van der Waals surface area (Å²) in [6.45, 7) is 1.39. The summed E-state index contributed by atoms with van der Waals surface area (Å²) in [6, 6.07) is 11.6. The number of sulfone groups is 1. The molecule has 0 saturated heterocycles. The number of carbonyl (C=O) groups is 1. The number of fused-ring (bicyclic) bond motifs is 1. The summed E-state index contributed by atoms with van der Waals surface area (Å²) in [5.41, 5.74) is 1.05. The summed E-state index contributed by atoms with van der Waals surface area (Å²) >= 11 is 0. The minimum absolute atomic E-state index is 0.0121. The normalized spacial score (nSPS) is 13.7. The third-order valence-corrected chi connectivity index (χ3v) is 6.43. The molecule has 10 heteroatoms. The lowest BCUT2D eigenvalue weighted by Crippen LogP contribution is -2.38. The monoisotopic (exact) mass is 429 g/mol. The number of hydrogen-bond donors (Lipinski definition) is 0. The highest BCUT2D eigenvalue weighted by Gasteiger charge is 2.29. The number of anilines is 1. The molecule has 0 fully saturated rings. The Labute approximate surface area is 173 Å². The van der Waals surface area contributed by atoms with E-state index < -0.39 is 9.84 Å². The molecule has 1 amide bonds. The van der Waals surface area contributed by atoms with Gasteiger partial charge in [0.1, 0.15) is 18.0 Å². The van der Waals surface area contributed by atoms with Gasteiger partial charge in [-0.25, -0.2) is 8.42 Å². The van der Waals surface area contributed by atoms with Crippen LogP contribution in [0.15, 0.2) is 51.9 Å². The Bertz CT molecular complexity index is 1200. The topological polar surface area (TPSA) is 112 Å². The first-order valence-electron chi connectivity index (χ1n) is 9.18. The first-order valence-corrected chi connectivity index (χ1v) is 10.8. The van der Waals surface area contributed by atoms with E-state index in [2.05, 4.69) is 10.1 Å². The van der Waals surface area contributed by atoms with Gasteiger partial charge in [0.05, 0.1) is 23.4 Å². The molecule has 0 atom stereocenters. The van der Waals surface area contributed by atoms with Crippen molar-refractivity contribution < 1.29 is 27.2 Å². The third-order valence-electron chi connectivity index (χ3n) is 4.70. The molecule has 30 heavy (non-hydrogen) atoms. The zero-order valence-electron chi connectivity index (χ0n) is 16.4. The van der Waals surface area contributed by atoms with Crippen LogP contribution in [0.4, 0.5) is 5.69 Å². The SMILES string of the molecule is CCS(=O)(=O)c1ccc2c(c1)N(Cc1nc(-c3cccc(OC)c3)no1)C(=O)CO2. The van der Waals surface area contributed by atoms with Gasteiger partial charge < -0.3 is 14.0 Å². The van der Waals surface area contributed by atoms with Crippen molar-refractivity contribution in [2.24, 2.45) is 0 Å².